The molecule has 1 unspecified atom stereocenters. The number of carboxylic acid groups (broad SMARTS) is 2. The van der Waals surface area contributed by atoms with Crippen molar-refractivity contribution in [3.05, 3.63) is 107 Å². The van der Waals surface area contributed by atoms with Crippen molar-refractivity contribution in [3.63, 3.8) is 0 Å². The summed E-state index contributed by atoms with van der Waals surface area (Å²) in [5, 5.41) is 18.5. The summed E-state index contributed by atoms with van der Waals surface area (Å²) in [4.78, 5) is 52.8. The Balaban J connectivity index is 1.41. The van der Waals surface area contributed by atoms with Gasteiger partial charge >= 0.3 is 24.2 Å². The Kier molecular flexibility index (Phi) is 6.90. The Bertz CT molecular complexity index is 1700. The molecular weight excluding hydrogens is 568 g/mol. The monoisotopic (exact) mass is 586 g/mol. The van der Waals surface area contributed by atoms with E-state index >= 15 is 0 Å². The lowest BCUT2D eigenvalue weighted by Gasteiger charge is -2.29. The lowest BCUT2D eigenvalue weighted by atomic mass is 9.89. The molecule has 6 rings (SSSR count). The molecule has 4 aromatic rings. The van der Waals surface area contributed by atoms with E-state index in [0.717, 1.165) is 32.7 Å². The minimum atomic E-state index is -1.70. The number of hydrogen-bond donors (Lipinski definition) is 2. The van der Waals surface area contributed by atoms with Crippen molar-refractivity contribution >= 4 is 47.8 Å². The average Bonchev–Trinajstić information content (AvgIpc) is 2.95. The van der Waals surface area contributed by atoms with Gasteiger partial charge in [-0.1, -0.05) is 84.2 Å². The maximum absolute atomic E-state index is 13.9. The van der Waals surface area contributed by atoms with E-state index in [1.54, 1.807) is 24.3 Å². The van der Waals surface area contributed by atoms with Crippen LogP contribution in [0.2, 0.25) is 0 Å². The van der Waals surface area contributed by atoms with Gasteiger partial charge < -0.3 is 24.4 Å². The Morgan fingerprint density at radius 1 is 0.561 bits per heavy atom. The number of carbonyl (C=O) groups excluding carboxylic acids is 2. The molecule has 0 amide bonds. The smallest absolute Gasteiger partial charge is 0.449 e. The van der Waals surface area contributed by atoms with E-state index in [2.05, 4.69) is 0 Å². The first-order valence-electron chi connectivity index (χ1n) is 12.2. The van der Waals surface area contributed by atoms with Gasteiger partial charge in [-0.3, -0.25) is 9.59 Å². The Morgan fingerprint density at radius 3 is 1.54 bits per heavy atom. The van der Waals surface area contributed by atoms with Crippen LogP contribution in [0.1, 0.15) is 34.1 Å². The van der Waals surface area contributed by atoms with Crippen LogP contribution in [0.5, 0.6) is 11.5 Å². The SMILES string of the molecule is O=C(O)Oc1ccc2c(c1OC(=O)O)Sc1ccccc1C2C(=O)OC(=O)C1c2ccccc2Sc2ccccc21. The van der Waals surface area contributed by atoms with E-state index in [1.807, 2.05) is 48.5 Å². The molecule has 0 aliphatic carbocycles. The summed E-state index contributed by atoms with van der Waals surface area (Å²) in [5.41, 5.74) is 2.26. The quantitative estimate of drug-likeness (QED) is 0.149. The van der Waals surface area contributed by atoms with Crippen LogP contribution in [0.3, 0.4) is 0 Å². The third-order valence-corrected chi connectivity index (χ3v) is 9.00. The van der Waals surface area contributed by atoms with Crippen LogP contribution in [0.15, 0.2) is 105 Å². The number of rotatable bonds is 4. The summed E-state index contributed by atoms with van der Waals surface area (Å²) in [6.45, 7) is 0. The summed E-state index contributed by atoms with van der Waals surface area (Å²) >= 11 is 2.62. The molecular formula is C30H18O9S2. The molecule has 0 bridgehead atoms. The van der Waals surface area contributed by atoms with E-state index in [4.69, 9.17) is 19.3 Å². The number of fused-ring (bicyclic) bond motifs is 4. The lowest BCUT2D eigenvalue weighted by molar-refractivity contribution is -0.160. The van der Waals surface area contributed by atoms with Crippen LogP contribution in [0, 0.1) is 0 Å². The zero-order valence-electron chi connectivity index (χ0n) is 20.8. The first-order chi connectivity index (χ1) is 19.8. The van der Waals surface area contributed by atoms with Crippen molar-refractivity contribution in [2.75, 3.05) is 0 Å². The van der Waals surface area contributed by atoms with Crippen LogP contribution in [-0.2, 0) is 14.3 Å². The molecule has 11 heteroatoms. The molecule has 204 valence electrons. The molecule has 1 atom stereocenters. The van der Waals surface area contributed by atoms with Crippen molar-refractivity contribution in [3.8, 4) is 11.5 Å². The third-order valence-electron chi connectivity index (χ3n) is 6.60. The van der Waals surface area contributed by atoms with Crippen LogP contribution < -0.4 is 9.47 Å². The topological polar surface area (TPSA) is 136 Å². The van der Waals surface area contributed by atoms with E-state index in [-0.39, 0.29) is 22.0 Å². The normalized spacial score (nSPS) is 14.9. The van der Waals surface area contributed by atoms with Gasteiger partial charge in [0.1, 0.15) is 11.8 Å². The molecule has 0 saturated heterocycles. The van der Waals surface area contributed by atoms with Crippen LogP contribution in [0.4, 0.5) is 9.59 Å². The molecule has 0 aromatic heterocycles. The molecule has 0 saturated carbocycles. The third kappa shape index (κ3) is 4.90. The van der Waals surface area contributed by atoms with Crippen molar-refractivity contribution in [2.45, 2.75) is 31.4 Å². The Labute approximate surface area is 241 Å². The Morgan fingerprint density at radius 2 is 1.02 bits per heavy atom. The van der Waals surface area contributed by atoms with Gasteiger partial charge in [0.05, 0.1) is 4.90 Å². The van der Waals surface area contributed by atoms with Crippen molar-refractivity contribution in [1.29, 1.82) is 0 Å². The van der Waals surface area contributed by atoms with Gasteiger partial charge in [-0.05, 0) is 46.5 Å². The first kappa shape index (κ1) is 26.5. The van der Waals surface area contributed by atoms with E-state index in [9.17, 15) is 24.3 Å². The second-order valence-electron chi connectivity index (χ2n) is 8.97. The number of esters is 2. The second kappa shape index (κ2) is 10.7. The summed E-state index contributed by atoms with van der Waals surface area (Å²) in [6, 6.07) is 24.4. The van der Waals surface area contributed by atoms with Gasteiger partial charge in [-0.2, -0.15) is 0 Å². The molecule has 41 heavy (non-hydrogen) atoms. The highest BCUT2D eigenvalue weighted by atomic mass is 32.2. The molecule has 4 aromatic carbocycles. The molecule has 0 radical (unpaired) electrons. The first-order valence-corrected chi connectivity index (χ1v) is 13.8. The molecule has 2 aliphatic heterocycles. The zero-order valence-corrected chi connectivity index (χ0v) is 22.4. The van der Waals surface area contributed by atoms with Crippen molar-refractivity contribution < 1.29 is 43.6 Å². The maximum atomic E-state index is 13.9. The minimum Gasteiger partial charge on any atom is -0.449 e. The highest BCUT2D eigenvalue weighted by molar-refractivity contribution is 7.99. The number of benzene rings is 4. The summed E-state index contributed by atoms with van der Waals surface area (Å²) in [6.07, 6.45) is -3.37. The zero-order chi connectivity index (χ0) is 28.7. The highest BCUT2D eigenvalue weighted by Gasteiger charge is 2.40. The standard InChI is InChI=1S/C30H18O9S2/c31-27(23-15-7-1-4-10-20(15)40-21-11-5-2-8-16(21)23)39-28(32)24-17-9-3-6-12-22(17)41-26-18(24)13-14-19(37-29(33)34)25(26)38-30(35)36/h1-14,23-24H,(H,33,34)(H,35,36). The van der Waals surface area contributed by atoms with Gasteiger partial charge in [0.15, 0.2) is 11.5 Å². The minimum absolute atomic E-state index is 0.156. The summed E-state index contributed by atoms with van der Waals surface area (Å²) in [7, 11) is 0. The lowest BCUT2D eigenvalue weighted by Crippen LogP contribution is -2.28. The van der Waals surface area contributed by atoms with E-state index in [1.165, 1.54) is 23.9 Å². The van der Waals surface area contributed by atoms with Gasteiger partial charge in [-0.25, -0.2) is 9.59 Å². The molecule has 2 aliphatic rings. The highest BCUT2D eigenvalue weighted by Crippen LogP contribution is 2.53. The predicted molar refractivity (Wildman–Crippen MR) is 146 cm³/mol. The fraction of sp³-hybridized carbons (Fsp3) is 0.0667. The van der Waals surface area contributed by atoms with Gasteiger partial charge in [-0.15, -0.1) is 0 Å². The van der Waals surface area contributed by atoms with Gasteiger partial charge in [0.2, 0.25) is 0 Å². The van der Waals surface area contributed by atoms with Crippen LogP contribution >= 0.6 is 23.5 Å². The maximum Gasteiger partial charge on any atom is 0.511 e. The fourth-order valence-electron chi connectivity index (χ4n) is 4.98. The van der Waals surface area contributed by atoms with E-state index < -0.39 is 36.1 Å². The molecule has 0 fully saturated rings. The van der Waals surface area contributed by atoms with Crippen LogP contribution in [0.25, 0.3) is 0 Å². The molecule has 0 spiro atoms. The number of hydrogen-bond acceptors (Lipinski definition) is 9. The Hall–Kier alpha value is -4.74. The molecule has 2 heterocycles. The summed E-state index contributed by atoms with van der Waals surface area (Å²) < 4.78 is 15.3. The molecule has 2 N–H and O–H groups in total. The summed E-state index contributed by atoms with van der Waals surface area (Å²) in [5.74, 6) is -4.33. The van der Waals surface area contributed by atoms with Gasteiger partial charge in [0, 0.05) is 14.7 Å². The van der Waals surface area contributed by atoms with E-state index in [0.29, 0.717) is 10.5 Å². The van der Waals surface area contributed by atoms with Crippen LogP contribution in [-0.4, -0.2) is 34.5 Å². The van der Waals surface area contributed by atoms with Gasteiger partial charge in [0.25, 0.3) is 0 Å². The molecule has 9 nitrogen and oxygen atoms in total. The van der Waals surface area contributed by atoms with Crippen molar-refractivity contribution in [1.82, 2.24) is 0 Å². The van der Waals surface area contributed by atoms with Crippen molar-refractivity contribution in [2.24, 2.45) is 0 Å². The second-order valence-corrected chi connectivity index (χ2v) is 11.1. The number of carbonyl (C=O) groups is 4. The average molecular weight is 587 g/mol. The predicted octanol–water partition coefficient (Wildman–Crippen LogP) is 6.76. The largest absolute Gasteiger partial charge is 0.511 e. The fourth-order valence-corrected chi connectivity index (χ4v) is 7.32. The number of ether oxygens (including phenoxy) is 3.